The van der Waals surface area contributed by atoms with Crippen LogP contribution in [-0.2, 0) is 4.79 Å². The fourth-order valence-corrected chi connectivity index (χ4v) is 3.36. The van der Waals surface area contributed by atoms with Gasteiger partial charge in [0.1, 0.15) is 6.61 Å². The van der Waals surface area contributed by atoms with Crippen LogP contribution in [0.2, 0.25) is 0 Å². The Hall–Kier alpha value is -3.40. The number of nitrogens with zero attached hydrogens (tertiary/aromatic N) is 2. The lowest BCUT2D eigenvalue weighted by molar-refractivity contribution is -0.113. The summed E-state index contributed by atoms with van der Waals surface area (Å²) in [6, 6.07) is 12.5. The molecule has 1 aromatic heterocycles. The molecule has 0 saturated heterocycles. The van der Waals surface area contributed by atoms with Crippen LogP contribution in [0.1, 0.15) is 12.0 Å². The summed E-state index contributed by atoms with van der Waals surface area (Å²) in [5, 5.41) is 11.0. The molecule has 0 spiro atoms. The highest BCUT2D eigenvalue weighted by Crippen LogP contribution is 2.36. The molecule has 1 atom stereocenters. The number of carbonyl (C=O) groups excluding carboxylic acids is 1. The number of para-hydroxylation sites is 2. The van der Waals surface area contributed by atoms with Gasteiger partial charge in [-0.3, -0.25) is 4.79 Å². The maximum atomic E-state index is 12.2. The van der Waals surface area contributed by atoms with E-state index in [4.69, 9.17) is 23.4 Å². The smallest absolute Gasteiger partial charge is 0.277 e. The molecule has 1 unspecified atom stereocenters. The molecule has 9 nitrogen and oxygen atoms in total. The second-order valence-electron chi connectivity index (χ2n) is 6.18. The SMILES string of the molecule is COc1ccc(NC(=O)CSc2nnc(C3COc4ccccc4O3)o2)cc1OC. The molecule has 1 amide bonds. The van der Waals surface area contributed by atoms with Crippen molar-refractivity contribution in [3.8, 4) is 23.0 Å². The zero-order chi connectivity index (χ0) is 20.9. The van der Waals surface area contributed by atoms with Gasteiger partial charge in [0.15, 0.2) is 23.0 Å². The van der Waals surface area contributed by atoms with E-state index < -0.39 is 6.10 Å². The molecule has 4 rings (SSSR count). The summed E-state index contributed by atoms with van der Waals surface area (Å²) < 4.78 is 27.5. The van der Waals surface area contributed by atoms with Crippen LogP contribution < -0.4 is 24.3 Å². The van der Waals surface area contributed by atoms with Crippen LogP contribution in [0.4, 0.5) is 5.69 Å². The van der Waals surface area contributed by atoms with Crippen LogP contribution >= 0.6 is 11.8 Å². The van der Waals surface area contributed by atoms with Gasteiger partial charge in [-0.1, -0.05) is 23.9 Å². The second-order valence-corrected chi connectivity index (χ2v) is 7.10. The molecule has 0 saturated carbocycles. The van der Waals surface area contributed by atoms with Gasteiger partial charge in [0.25, 0.3) is 11.1 Å². The van der Waals surface area contributed by atoms with E-state index in [-0.39, 0.29) is 23.5 Å². The van der Waals surface area contributed by atoms with Crippen molar-refractivity contribution in [1.82, 2.24) is 10.2 Å². The molecule has 3 aromatic rings. The first-order valence-electron chi connectivity index (χ1n) is 9.03. The van der Waals surface area contributed by atoms with Gasteiger partial charge in [-0.15, -0.1) is 10.2 Å². The van der Waals surface area contributed by atoms with Crippen LogP contribution in [0.25, 0.3) is 0 Å². The number of anilines is 1. The number of aromatic nitrogens is 2. The molecule has 0 aliphatic carbocycles. The number of hydrogen-bond acceptors (Lipinski definition) is 9. The van der Waals surface area contributed by atoms with Crippen molar-refractivity contribution >= 4 is 23.4 Å². The number of benzene rings is 2. The predicted molar refractivity (Wildman–Crippen MR) is 109 cm³/mol. The van der Waals surface area contributed by atoms with Crippen molar-refractivity contribution in [2.45, 2.75) is 11.3 Å². The number of ether oxygens (including phenoxy) is 4. The minimum Gasteiger partial charge on any atom is -0.493 e. The summed E-state index contributed by atoms with van der Waals surface area (Å²) in [5.41, 5.74) is 0.593. The van der Waals surface area contributed by atoms with Gasteiger partial charge in [-0.05, 0) is 24.3 Å². The molecule has 2 heterocycles. The number of amides is 1. The number of rotatable bonds is 7. The molecule has 156 valence electrons. The number of fused-ring (bicyclic) bond motifs is 1. The zero-order valence-electron chi connectivity index (χ0n) is 16.3. The molecular formula is C20H19N3O6S. The first kappa shape index (κ1) is 19.9. The maximum Gasteiger partial charge on any atom is 0.277 e. The molecule has 0 fully saturated rings. The van der Waals surface area contributed by atoms with Gasteiger partial charge < -0.3 is 28.7 Å². The average molecular weight is 429 g/mol. The fraction of sp³-hybridized carbons (Fsp3) is 0.250. The summed E-state index contributed by atoms with van der Waals surface area (Å²) in [5.74, 6) is 2.58. The van der Waals surface area contributed by atoms with Crippen LogP contribution in [-0.4, -0.2) is 42.7 Å². The summed E-state index contributed by atoms with van der Waals surface area (Å²) in [6.45, 7) is 0.267. The molecule has 0 radical (unpaired) electrons. The van der Waals surface area contributed by atoms with E-state index in [2.05, 4.69) is 15.5 Å². The van der Waals surface area contributed by atoms with Gasteiger partial charge in [0, 0.05) is 11.8 Å². The Labute approximate surface area is 176 Å². The third-order valence-electron chi connectivity index (χ3n) is 4.20. The number of methoxy groups -OCH3 is 2. The molecule has 1 N–H and O–H groups in total. The average Bonchev–Trinajstić information content (AvgIpc) is 3.26. The van der Waals surface area contributed by atoms with Crippen molar-refractivity contribution in [2.75, 3.05) is 31.9 Å². The largest absolute Gasteiger partial charge is 0.493 e. The minimum absolute atomic E-state index is 0.0981. The lowest BCUT2D eigenvalue weighted by Gasteiger charge is -2.23. The van der Waals surface area contributed by atoms with E-state index in [1.54, 1.807) is 25.3 Å². The highest BCUT2D eigenvalue weighted by molar-refractivity contribution is 7.99. The quantitative estimate of drug-likeness (QED) is 0.566. The molecule has 1 aliphatic heterocycles. The Kier molecular flexibility index (Phi) is 5.94. The Morgan fingerprint density at radius 2 is 1.93 bits per heavy atom. The molecule has 30 heavy (non-hydrogen) atoms. The van der Waals surface area contributed by atoms with Crippen LogP contribution in [0.5, 0.6) is 23.0 Å². The molecule has 0 bridgehead atoms. The number of carbonyl (C=O) groups is 1. The number of hydrogen-bond donors (Lipinski definition) is 1. The zero-order valence-corrected chi connectivity index (χ0v) is 17.1. The number of nitrogens with one attached hydrogen (secondary N) is 1. The van der Waals surface area contributed by atoms with Crippen molar-refractivity contribution in [2.24, 2.45) is 0 Å². The monoisotopic (exact) mass is 429 g/mol. The van der Waals surface area contributed by atoms with Gasteiger partial charge in [0.05, 0.1) is 20.0 Å². The van der Waals surface area contributed by atoms with Crippen LogP contribution in [0, 0.1) is 0 Å². The van der Waals surface area contributed by atoms with E-state index in [0.29, 0.717) is 34.6 Å². The summed E-state index contributed by atoms with van der Waals surface area (Å²) in [4.78, 5) is 12.2. The van der Waals surface area contributed by atoms with E-state index in [1.807, 2.05) is 24.3 Å². The Balaban J connectivity index is 1.32. The van der Waals surface area contributed by atoms with Crippen molar-refractivity contribution in [3.05, 3.63) is 48.4 Å². The predicted octanol–water partition coefficient (Wildman–Crippen LogP) is 3.33. The first-order chi connectivity index (χ1) is 14.7. The third-order valence-corrected chi connectivity index (χ3v) is 5.02. The molecular weight excluding hydrogens is 410 g/mol. The van der Waals surface area contributed by atoms with E-state index in [0.717, 1.165) is 11.8 Å². The first-order valence-corrected chi connectivity index (χ1v) is 10.0. The van der Waals surface area contributed by atoms with E-state index in [9.17, 15) is 4.79 Å². The fourth-order valence-electron chi connectivity index (χ4n) is 2.79. The van der Waals surface area contributed by atoms with Crippen molar-refractivity contribution in [1.29, 1.82) is 0 Å². The topological polar surface area (TPSA) is 105 Å². The second kappa shape index (κ2) is 8.95. The normalized spacial score (nSPS) is 14.8. The Bertz CT molecular complexity index is 1040. The highest BCUT2D eigenvalue weighted by atomic mass is 32.2. The number of thioether (sulfide) groups is 1. The van der Waals surface area contributed by atoms with Crippen molar-refractivity contribution < 1.29 is 28.2 Å². The van der Waals surface area contributed by atoms with Gasteiger partial charge in [-0.25, -0.2) is 0 Å². The molecule has 10 heteroatoms. The lowest BCUT2D eigenvalue weighted by Crippen LogP contribution is -2.21. The third kappa shape index (κ3) is 4.43. The van der Waals surface area contributed by atoms with Gasteiger partial charge in [0.2, 0.25) is 12.0 Å². The Morgan fingerprint density at radius 3 is 2.73 bits per heavy atom. The highest BCUT2D eigenvalue weighted by Gasteiger charge is 2.27. The minimum atomic E-state index is -0.498. The standard InChI is InChI=1S/C20H19N3O6S/c1-25-13-8-7-12(9-16(13)26-2)21-18(24)11-30-20-23-22-19(29-20)17-10-27-14-5-3-4-6-15(14)28-17/h3-9,17H,10-11H2,1-2H3,(H,21,24). The van der Waals surface area contributed by atoms with Gasteiger partial charge in [-0.2, -0.15) is 0 Å². The summed E-state index contributed by atoms with van der Waals surface area (Å²) in [6.07, 6.45) is -0.498. The lowest BCUT2D eigenvalue weighted by atomic mass is 10.2. The molecule has 2 aromatic carbocycles. The Morgan fingerprint density at radius 1 is 1.13 bits per heavy atom. The van der Waals surface area contributed by atoms with E-state index in [1.165, 1.54) is 7.11 Å². The van der Waals surface area contributed by atoms with Crippen molar-refractivity contribution in [3.63, 3.8) is 0 Å². The van der Waals surface area contributed by atoms with Gasteiger partial charge >= 0.3 is 0 Å². The maximum absolute atomic E-state index is 12.2. The summed E-state index contributed by atoms with van der Waals surface area (Å²) in [7, 11) is 3.08. The van der Waals surface area contributed by atoms with Crippen LogP contribution in [0.3, 0.4) is 0 Å². The van der Waals surface area contributed by atoms with Crippen LogP contribution in [0.15, 0.2) is 52.1 Å². The molecule has 1 aliphatic rings. The van der Waals surface area contributed by atoms with E-state index >= 15 is 0 Å². The summed E-state index contributed by atoms with van der Waals surface area (Å²) >= 11 is 1.13.